The first-order chi connectivity index (χ1) is 15.7. The summed E-state index contributed by atoms with van der Waals surface area (Å²) in [6.07, 6.45) is 2.83. The number of hydrogen-bond acceptors (Lipinski definition) is 4. The SMILES string of the molecule is C[C@H](C(=O)c1ccc(Cl)cc1)N(C(=O)c1ccc(Cl)cc1Cl)N1C(=O)[C@H]2CCCC[C@@H]2C1=O. The number of nitrogens with zero attached hydrogens (tertiary/aromatic N) is 2. The average molecular weight is 508 g/mol. The number of hydrazine groups is 1. The number of carbonyl (C=O) groups excluding carboxylic acids is 4. The van der Waals surface area contributed by atoms with Crippen LogP contribution in [0.1, 0.15) is 53.3 Å². The molecule has 172 valence electrons. The van der Waals surface area contributed by atoms with E-state index in [4.69, 9.17) is 34.8 Å². The van der Waals surface area contributed by atoms with Gasteiger partial charge in [0.15, 0.2) is 5.78 Å². The summed E-state index contributed by atoms with van der Waals surface area (Å²) < 4.78 is 0. The molecule has 1 saturated heterocycles. The van der Waals surface area contributed by atoms with Gasteiger partial charge in [-0.25, -0.2) is 5.01 Å². The highest BCUT2D eigenvalue weighted by Gasteiger charge is 2.53. The van der Waals surface area contributed by atoms with Crippen LogP contribution in [0.2, 0.25) is 15.1 Å². The fraction of sp³-hybridized carbons (Fsp3) is 0.333. The smallest absolute Gasteiger partial charge is 0.275 e. The van der Waals surface area contributed by atoms with E-state index < -0.39 is 41.4 Å². The van der Waals surface area contributed by atoms with Crippen molar-refractivity contribution in [3.8, 4) is 0 Å². The third-order valence-electron chi connectivity index (χ3n) is 6.28. The Morgan fingerprint density at radius 3 is 2.00 bits per heavy atom. The molecule has 2 aromatic rings. The number of imide groups is 1. The van der Waals surface area contributed by atoms with Crippen molar-refractivity contribution in [2.24, 2.45) is 11.8 Å². The van der Waals surface area contributed by atoms with E-state index in [1.165, 1.54) is 37.3 Å². The Hall–Kier alpha value is -2.41. The predicted molar refractivity (Wildman–Crippen MR) is 125 cm³/mol. The van der Waals surface area contributed by atoms with E-state index in [2.05, 4.69) is 0 Å². The molecule has 2 aromatic carbocycles. The quantitative estimate of drug-likeness (QED) is 0.398. The third kappa shape index (κ3) is 4.39. The Morgan fingerprint density at radius 1 is 0.909 bits per heavy atom. The average Bonchev–Trinajstić information content (AvgIpc) is 3.04. The van der Waals surface area contributed by atoms with Crippen molar-refractivity contribution in [2.45, 2.75) is 38.6 Å². The molecule has 3 atom stereocenters. The summed E-state index contributed by atoms with van der Waals surface area (Å²) in [7, 11) is 0. The largest absolute Gasteiger partial charge is 0.292 e. The molecule has 1 saturated carbocycles. The van der Waals surface area contributed by atoms with E-state index in [0.717, 1.165) is 22.9 Å². The zero-order valence-corrected chi connectivity index (χ0v) is 20.0. The van der Waals surface area contributed by atoms with Crippen molar-refractivity contribution in [1.29, 1.82) is 0 Å². The normalized spacial score (nSPS) is 21.0. The molecule has 0 radical (unpaired) electrons. The van der Waals surface area contributed by atoms with Crippen LogP contribution < -0.4 is 0 Å². The van der Waals surface area contributed by atoms with Crippen LogP contribution in [-0.2, 0) is 9.59 Å². The molecule has 33 heavy (non-hydrogen) atoms. The van der Waals surface area contributed by atoms with Gasteiger partial charge in [-0.15, -0.1) is 0 Å². The summed E-state index contributed by atoms with van der Waals surface area (Å²) in [6, 6.07) is 9.33. The van der Waals surface area contributed by atoms with Gasteiger partial charge in [0, 0.05) is 15.6 Å². The number of carbonyl (C=O) groups is 4. The van der Waals surface area contributed by atoms with Gasteiger partial charge in [0.2, 0.25) is 0 Å². The molecule has 1 aliphatic heterocycles. The monoisotopic (exact) mass is 506 g/mol. The van der Waals surface area contributed by atoms with Crippen molar-refractivity contribution >= 4 is 58.3 Å². The fourth-order valence-electron chi connectivity index (χ4n) is 4.55. The molecule has 0 unspecified atom stereocenters. The molecule has 9 heteroatoms. The molecule has 1 heterocycles. The Balaban J connectivity index is 1.77. The number of halogens is 3. The maximum absolute atomic E-state index is 13.7. The lowest BCUT2D eigenvalue weighted by molar-refractivity contribution is -0.156. The topological polar surface area (TPSA) is 74.8 Å². The second-order valence-electron chi connectivity index (χ2n) is 8.31. The van der Waals surface area contributed by atoms with E-state index >= 15 is 0 Å². The molecule has 0 N–H and O–H groups in total. The van der Waals surface area contributed by atoms with E-state index in [-0.39, 0.29) is 10.6 Å². The minimum absolute atomic E-state index is 0.0345. The van der Waals surface area contributed by atoms with Crippen molar-refractivity contribution in [2.75, 3.05) is 0 Å². The third-order valence-corrected chi connectivity index (χ3v) is 7.08. The van der Waals surface area contributed by atoms with Crippen LogP contribution in [0.25, 0.3) is 0 Å². The number of fused-ring (bicyclic) bond motifs is 1. The van der Waals surface area contributed by atoms with Crippen LogP contribution >= 0.6 is 34.8 Å². The highest BCUT2D eigenvalue weighted by atomic mass is 35.5. The Labute approximate surface area is 206 Å². The van der Waals surface area contributed by atoms with Crippen LogP contribution in [0.15, 0.2) is 42.5 Å². The molecule has 2 aliphatic rings. The second-order valence-corrected chi connectivity index (χ2v) is 9.59. The molecule has 1 aliphatic carbocycles. The molecule has 6 nitrogen and oxygen atoms in total. The molecule has 0 bridgehead atoms. The number of hydrogen-bond donors (Lipinski definition) is 0. The lowest BCUT2D eigenvalue weighted by Gasteiger charge is -2.35. The van der Waals surface area contributed by atoms with Crippen LogP contribution in [0.5, 0.6) is 0 Å². The fourth-order valence-corrected chi connectivity index (χ4v) is 5.17. The van der Waals surface area contributed by atoms with Crippen molar-refractivity contribution in [3.63, 3.8) is 0 Å². The molecular weight excluding hydrogens is 487 g/mol. The first-order valence-corrected chi connectivity index (χ1v) is 11.8. The van der Waals surface area contributed by atoms with Gasteiger partial charge >= 0.3 is 0 Å². The number of ketones is 1. The van der Waals surface area contributed by atoms with Gasteiger partial charge in [-0.1, -0.05) is 47.6 Å². The number of amides is 3. The van der Waals surface area contributed by atoms with Gasteiger partial charge in [0.25, 0.3) is 17.7 Å². The van der Waals surface area contributed by atoms with Crippen molar-refractivity contribution < 1.29 is 19.2 Å². The lowest BCUT2D eigenvalue weighted by Crippen LogP contribution is -2.56. The van der Waals surface area contributed by atoms with Crippen LogP contribution in [0, 0.1) is 11.8 Å². The number of rotatable bonds is 5. The van der Waals surface area contributed by atoms with Gasteiger partial charge in [0.05, 0.1) is 22.4 Å². The number of benzene rings is 2. The van der Waals surface area contributed by atoms with Gasteiger partial charge in [0.1, 0.15) is 6.04 Å². The summed E-state index contributed by atoms with van der Waals surface area (Å²) in [5, 5.41) is 2.66. The van der Waals surface area contributed by atoms with Gasteiger partial charge in [-0.3, -0.25) is 19.2 Å². The standard InChI is InChI=1S/C24H21Cl3N2O4/c1-13(21(30)14-6-8-15(25)9-7-14)28(24(33)19-11-10-16(26)12-20(19)27)29-22(31)17-4-2-3-5-18(17)23(29)32/h6-13,17-18H,2-5H2,1H3/t13-,17+,18+/m1/s1. The van der Waals surface area contributed by atoms with E-state index in [9.17, 15) is 19.2 Å². The zero-order chi connectivity index (χ0) is 23.9. The lowest BCUT2D eigenvalue weighted by atomic mass is 9.81. The summed E-state index contributed by atoms with van der Waals surface area (Å²) >= 11 is 18.2. The maximum Gasteiger partial charge on any atom is 0.275 e. The summed E-state index contributed by atoms with van der Waals surface area (Å²) in [4.78, 5) is 53.6. The first-order valence-electron chi connectivity index (χ1n) is 10.7. The molecular formula is C24H21Cl3N2O4. The predicted octanol–water partition coefficient (Wildman–Crippen LogP) is 5.45. The summed E-state index contributed by atoms with van der Waals surface area (Å²) in [5.74, 6) is -3.06. The number of Topliss-reactive ketones (excluding diaryl/α,β-unsaturated/α-hetero) is 1. The zero-order valence-electron chi connectivity index (χ0n) is 17.8. The Kier molecular flexibility index (Phi) is 6.80. The molecule has 2 fully saturated rings. The minimum Gasteiger partial charge on any atom is -0.292 e. The minimum atomic E-state index is -1.15. The van der Waals surface area contributed by atoms with Crippen molar-refractivity contribution in [3.05, 3.63) is 68.7 Å². The molecule has 4 rings (SSSR count). The molecule has 3 amide bonds. The Morgan fingerprint density at radius 2 is 1.45 bits per heavy atom. The summed E-state index contributed by atoms with van der Waals surface area (Å²) in [6.45, 7) is 1.49. The highest BCUT2D eigenvalue weighted by molar-refractivity contribution is 6.37. The first kappa shape index (κ1) is 23.7. The van der Waals surface area contributed by atoms with E-state index in [0.29, 0.717) is 28.5 Å². The second kappa shape index (κ2) is 9.45. The van der Waals surface area contributed by atoms with E-state index in [1.54, 1.807) is 12.1 Å². The van der Waals surface area contributed by atoms with Gasteiger partial charge in [-0.05, 0) is 62.2 Å². The van der Waals surface area contributed by atoms with Crippen LogP contribution in [0.4, 0.5) is 0 Å². The van der Waals surface area contributed by atoms with Crippen molar-refractivity contribution in [1.82, 2.24) is 10.0 Å². The molecule has 0 aromatic heterocycles. The highest BCUT2D eigenvalue weighted by Crippen LogP contribution is 2.40. The Bertz CT molecular complexity index is 1110. The summed E-state index contributed by atoms with van der Waals surface area (Å²) in [5.41, 5.74) is 0.329. The van der Waals surface area contributed by atoms with Gasteiger partial charge < -0.3 is 0 Å². The van der Waals surface area contributed by atoms with Crippen LogP contribution in [0.3, 0.4) is 0 Å². The maximum atomic E-state index is 13.7. The van der Waals surface area contributed by atoms with E-state index in [1.807, 2.05) is 0 Å². The molecule has 0 spiro atoms. The van der Waals surface area contributed by atoms with Gasteiger partial charge in [-0.2, -0.15) is 5.01 Å². The van der Waals surface area contributed by atoms with Crippen LogP contribution in [-0.4, -0.2) is 39.6 Å².